The summed E-state index contributed by atoms with van der Waals surface area (Å²) in [4.78, 5) is 12.9. The molecule has 0 unspecified atom stereocenters. The third-order valence-corrected chi connectivity index (χ3v) is 4.89. The molecule has 3 rings (SSSR count). The number of benzene rings is 2. The fourth-order valence-electron chi connectivity index (χ4n) is 2.69. The second kappa shape index (κ2) is 7.44. The van der Waals surface area contributed by atoms with Crippen molar-refractivity contribution in [1.29, 1.82) is 0 Å². The van der Waals surface area contributed by atoms with E-state index in [9.17, 15) is 4.79 Å². The Bertz CT molecular complexity index is 868. The number of hydrogen-bond donors (Lipinski definition) is 3. The number of anilines is 1. The molecule has 0 saturated heterocycles. The molecule has 1 aliphatic rings. The average molecular weight is 392 g/mol. The highest BCUT2D eigenvalue weighted by Gasteiger charge is 2.31. The molecule has 0 bridgehead atoms. The molecule has 128 valence electrons. The number of rotatable bonds is 3. The summed E-state index contributed by atoms with van der Waals surface area (Å²) < 4.78 is 0. The molecule has 1 aliphatic heterocycles. The van der Waals surface area contributed by atoms with Gasteiger partial charge in [0.2, 0.25) is 0 Å². The van der Waals surface area contributed by atoms with Gasteiger partial charge in [-0.2, -0.15) is 0 Å². The minimum atomic E-state index is -0.497. The van der Waals surface area contributed by atoms with Crippen molar-refractivity contribution in [3.63, 3.8) is 0 Å². The van der Waals surface area contributed by atoms with Crippen LogP contribution in [0, 0.1) is 0 Å². The maximum Gasteiger partial charge on any atom is 0.255 e. The summed E-state index contributed by atoms with van der Waals surface area (Å²) in [7, 11) is 0. The van der Waals surface area contributed by atoms with E-state index in [-0.39, 0.29) is 5.91 Å². The van der Waals surface area contributed by atoms with Crippen LogP contribution in [-0.2, 0) is 4.79 Å². The quantitative estimate of drug-likeness (QED) is 0.677. The lowest BCUT2D eigenvalue weighted by Crippen LogP contribution is -2.45. The predicted molar refractivity (Wildman–Crippen MR) is 106 cm³/mol. The van der Waals surface area contributed by atoms with Crippen LogP contribution in [0.15, 0.2) is 59.8 Å². The maximum absolute atomic E-state index is 12.9. The Balaban J connectivity index is 2.01. The molecule has 4 nitrogen and oxygen atoms in total. The number of allylic oxidation sites excluding steroid dienone is 1. The zero-order valence-corrected chi connectivity index (χ0v) is 15.6. The zero-order valence-electron chi connectivity index (χ0n) is 13.3. The van der Waals surface area contributed by atoms with Crippen LogP contribution < -0.4 is 16.0 Å². The molecule has 1 amide bonds. The third-order valence-electron chi connectivity index (χ3n) is 3.84. The third kappa shape index (κ3) is 3.79. The topological polar surface area (TPSA) is 53.2 Å². The molecule has 2 aromatic carbocycles. The number of hydrogen-bond acceptors (Lipinski definition) is 2. The Morgan fingerprint density at radius 1 is 1.12 bits per heavy atom. The molecule has 25 heavy (non-hydrogen) atoms. The van der Waals surface area contributed by atoms with Gasteiger partial charge in [0, 0.05) is 11.4 Å². The molecule has 0 saturated carbocycles. The van der Waals surface area contributed by atoms with Crippen molar-refractivity contribution in [2.45, 2.75) is 13.0 Å². The van der Waals surface area contributed by atoms with Crippen molar-refractivity contribution in [3.05, 3.63) is 75.4 Å². The van der Waals surface area contributed by atoms with E-state index < -0.39 is 6.04 Å². The first-order valence-corrected chi connectivity index (χ1v) is 8.72. The largest absolute Gasteiger partial charge is 0.351 e. The molecule has 1 atom stereocenters. The average Bonchev–Trinajstić information content (AvgIpc) is 2.57. The molecule has 7 heteroatoms. The molecule has 0 radical (unpaired) electrons. The minimum Gasteiger partial charge on any atom is -0.351 e. The van der Waals surface area contributed by atoms with E-state index in [4.69, 9.17) is 35.4 Å². The SMILES string of the molecule is CC1=C(C(=O)Nc2ccccc2)[C@@H](c2cccc(Cl)c2Cl)NC(=S)N1. The molecule has 0 spiro atoms. The van der Waals surface area contributed by atoms with Crippen LogP contribution in [0.2, 0.25) is 10.0 Å². The lowest BCUT2D eigenvalue weighted by atomic mass is 9.95. The van der Waals surface area contributed by atoms with Crippen molar-refractivity contribution in [1.82, 2.24) is 10.6 Å². The lowest BCUT2D eigenvalue weighted by Gasteiger charge is -2.31. The Labute approximate surface area is 161 Å². The van der Waals surface area contributed by atoms with E-state index in [1.807, 2.05) is 36.4 Å². The molecule has 3 N–H and O–H groups in total. The van der Waals surface area contributed by atoms with Crippen molar-refractivity contribution in [3.8, 4) is 0 Å². The van der Waals surface area contributed by atoms with Crippen LogP contribution in [0.1, 0.15) is 18.5 Å². The lowest BCUT2D eigenvalue weighted by molar-refractivity contribution is -0.113. The Morgan fingerprint density at radius 2 is 1.84 bits per heavy atom. The van der Waals surface area contributed by atoms with Crippen LogP contribution in [0.5, 0.6) is 0 Å². The van der Waals surface area contributed by atoms with Crippen LogP contribution >= 0.6 is 35.4 Å². The van der Waals surface area contributed by atoms with E-state index in [2.05, 4.69) is 16.0 Å². The maximum atomic E-state index is 12.9. The van der Waals surface area contributed by atoms with Crippen LogP contribution in [-0.4, -0.2) is 11.0 Å². The molecular formula is C18H15Cl2N3OS. The van der Waals surface area contributed by atoms with Crippen LogP contribution in [0.3, 0.4) is 0 Å². The van der Waals surface area contributed by atoms with Crippen molar-refractivity contribution >= 4 is 52.1 Å². The molecule has 2 aromatic rings. The first kappa shape index (κ1) is 17.7. The summed E-state index contributed by atoms with van der Waals surface area (Å²) in [6, 6.07) is 14.1. The molecule has 0 aliphatic carbocycles. The van der Waals surface area contributed by atoms with Gasteiger partial charge in [-0.15, -0.1) is 0 Å². The second-order valence-corrected chi connectivity index (χ2v) is 6.73. The fourth-order valence-corrected chi connectivity index (χ4v) is 3.38. The van der Waals surface area contributed by atoms with E-state index in [1.54, 1.807) is 19.1 Å². The standard InChI is InChI=1S/C18H15Cl2N3OS/c1-10-14(17(24)22-11-6-3-2-4-7-11)16(23-18(25)21-10)12-8-5-9-13(19)15(12)20/h2-9,16H,1H3,(H,22,24)(H2,21,23,25)/t16-/m1/s1. The number of thiocarbonyl (C=S) groups is 1. The first-order valence-electron chi connectivity index (χ1n) is 7.56. The minimum absolute atomic E-state index is 0.243. The number of carbonyl (C=O) groups excluding carboxylic acids is 1. The summed E-state index contributed by atoms with van der Waals surface area (Å²) in [5.74, 6) is -0.243. The van der Waals surface area contributed by atoms with Gasteiger partial charge in [-0.25, -0.2) is 0 Å². The van der Waals surface area contributed by atoms with Crippen molar-refractivity contribution < 1.29 is 4.79 Å². The molecule has 0 aromatic heterocycles. The summed E-state index contributed by atoms with van der Waals surface area (Å²) in [5, 5.41) is 10.2. The molecule has 1 heterocycles. The van der Waals surface area contributed by atoms with Gasteiger partial charge >= 0.3 is 0 Å². The van der Waals surface area contributed by atoms with Crippen LogP contribution in [0.4, 0.5) is 5.69 Å². The van der Waals surface area contributed by atoms with Crippen LogP contribution in [0.25, 0.3) is 0 Å². The van der Waals surface area contributed by atoms with Gasteiger partial charge in [0.1, 0.15) is 0 Å². The summed E-state index contributed by atoms with van der Waals surface area (Å²) in [6.07, 6.45) is 0. The smallest absolute Gasteiger partial charge is 0.255 e. The van der Waals surface area contributed by atoms with Gasteiger partial charge in [0.15, 0.2) is 5.11 Å². The number of halogens is 2. The van der Waals surface area contributed by atoms with E-state index in [0.29, 0.717) is 37.7 Å². The van der Waals surface area contributed by atoms with E-state index >= 15 is 0 Å². The predicted octanol–water partition coefficient (Wildman–Crippen LogP) is 4.42. The number of para-hydroxylation sites is 1. The van der Waals surface area contributed by atoms with Crippen molar-refractivity contribution in [2.75, 3.05) is 5.32 Å². The molecular weight excluding hydrogens is 377 g/mol. The second-order valence-electron chi connectivity index (χ2n) is 5.53. The van der Waals surface area contributed by atoms with Gasteiger partial charge in [-0.3, -0.25) is 4.79 Å². The summed E-state index contributed by atoms with van der Waals surface area (Å²) in [5.41, 5.74) is 2.56. The highest BCUT2D eigenvalue weighted by molar-refractivity contribution is 7.80. The van der Waals surface area contributed by atoms with Gasteiger partial charge in [-0.05, 0) is 42.9 Å². The van der Waals surface area contributed by atoms with E-state index in [0.717, 1.165) is 0 Å². The first-order chi connectivity index (χ1) is 12.0. The normalized spacial score (nSPS) is 16.9. The number of amides is 1. The Kier molecular flexibility index (Phi) is 5.27. The number of nitrogens with one attached hydrogen (secondary N) is 3. The fraction of sp³-hybridized carbons (Fsp3) is 0.111. The van der Waals surface area contributed by atoms with Gasteiger partial charge < -0.3 is 16.0 Å². The molecule has 0 fully saturated rings. The number of carbonyl (C=O) groups is 1. The highest BCUT2D eigenvalue weighted by Crippen LogP contribution is 2.35. The van der Waals surface area contributed by atoms with Gasteiger partial charge in [0.25, 0.3) is 5.91 Å². The van der Waals surface area contributed by atoms with E-state index in [1.165, 1.54) is 0 Å². The monoisotopic (exact) mass is 391 g/mol. The zero-order chi connectivity index (χ0) is 18.0. The van der Waals surface area contributed by atoms with Crippen molar-refractivity contribution in [2.24, 2.45) is 0 Å². The van der Waals surface area contributed by atoms with Gasteiger partial charge in [-0.1, -0.05) is 53.5 Å². The summed E-state index contributed by atoms with van der Waals surface area (Å²) in [6.45, 7) is 1.80. The highest BCUT2D eigenvalue weighted by atomic mass is 35.5. The van der Waals surface area contributed by atoms with Gasteiger partial charge in [0.05, 0.1) is 21.7 Å². The Morgan fingerprint density at radius 3 is 2.56 bits per heavy atom. The Hall–Kier alpha value is -2.08. The summed E-state index contributed by atoms with van der Waals surface area (Å²) >= 11 is 17.7.